The van der Waals surface area contributed by atoms with E-state index in [9.17, 15) is 23.1 Å². The van der Waals surface area contributed by atoms with Gasteiger partial charge in [0.2, 0.25) is 10.0 Å². The van der Waals surface area contributed by atoms with E-state index in [2.05, 4.69) is 5.32 Å². The molecule has 1 aromatic rings. The van der Waals surface area contributed by atoms with Gasteiger partial charge in [-0.15, -0.1) is 0 Å². The van der Waals surface area contributed by atoms with Crippen LogP contribution in [0.1, 0.15) is 30.4 Å². The van der Waals surface area contributed by atoms with Gasteiger partial charge in [-0.25, -0.2) is 18.4 Å². The first kappa shape index (κ1) is 18.7. The van der Waals surface area contributed by atoms with E-state index >= 15 is 0 Å². The molecule has 9 heteroatoms. The highest BCUT2D eigenvalue weighted by Gasteiger charge is 2.55. The van der Waals surface area contributed by atoms with Crippen molar-refractivity contribution in [1.29, 1.82) is 0 Å². The topological polar surface area (TPSA) is 130 Å². The van der Waals surface area contributed by atoms with Crippen LogP contribution in [0.2, 0.25) is 0 Å². The van der Waals surface area contributed by atoms with Gasteiger partial charge in [0.25, 0.3) is 0 Å². The van der Waals surface area contributed by atoms with Crippen molar-refractivity contribution in [3.8, 4) is 0 Å². The number of aryl methyl sites for hydroxylation is 1. The number of hydrogen-bond donors (Lipinski definition) is 3. The van der Waals surface area contributed by atoms with Crippen LogP contribution >= 0.6 is 0 Å². The predicted octanol–water partition coefficient (Wildman–Crippen LogP) is 1.67. The molecule has 2 amide bonds. The number of amides is 2. The average molecular weight is 381 g/mol. The number of sulfonamides is 1. The molecule has 1 saturated carbocycles. The third-order valence-electron chi connectivity index (χ3n) is 5.79. The normalized spacial score (nSPS) is 25.2. The van der Waals surface area contributed by atoms with Crippen molar-refractivity contribution in [2.75, 3.05) is 18.4 Å². The molecule has 3 rings (SSSR count). The lowest BCUT2D eigenvalue weighted by Crippen LogP contribution is -2.38. The number of aliphatic carboxylic acids is 1. The third-order valence-corrected chi connectivity index (χ3v) is 6.69. The van der Waals surface area contributed by atoms with Crippen LogP contribution < -0.4 is 10.5 Å². The minimum Gasteiger partial charge on any atom is -0.481 e. The average Bonchev–Trinajstić information content (AvgIpc) is 3.08. The van der Waals surface area contributed by atoms with E-state index in [0.29, 0.717) is 24.2 Å². The van der Waals surface area contributed by atoms with Crippen molar-refractivity contribution in [3.05, 3.63) is 23.3 Å². The molecule has 0 radical (unpaired) electrons. The van der Waals surface area contributed by atoms with Gasteiger partial charge >= 0.3 is 12.0 Å². The molecule has 0 bridgehead atoms. The van der Waals surface area contributed by atoms with Gasteiger partial charge in [0.15, 0.2) is 0 Å². The Morgan fingerprint density at radius 1 is 1.35 bits per heavy atom. The molecule has 0 spiro atoms. The number of carbonyl (C=O) groups excluding carboxylic acids is 1. The van der Waals surface area contributed by atoms with Crippen molar-refractivity contribution in [1.82, 2.24) is 4.90 Å². The number of carbonyl (C=O) groups is 2. The number of primary sulfonamides is 1. The van der Waals surface area contributed by atoms with Crippen LogP contribution in [0.3, 0.4) is 0 Å². The number of nitrogens with one attached hydrogen (secondary N) is 1. The van der Waals surface area contributed by atoms with Crippen molar-refractivity contribution >= 4 is 27.7 Å². The van der Waals surface area contributed by atoms with E-state index in [-0.39, 0.29) is 17.4 Å². The van der Waals surface area contributed by atoms with Gasteiger partial charge in [-0.3, -0.25) is 4.79 Å². The number of carboxylic acids is 1. The highest BCUT2D eigenvalue weighted by atomic mass is 32.2. The van der Waals surface area contributed by atoms with E-state index in [4.69, 9.17) is 5.14 Å². The summed E-state index contributed by atoms with van der Waals surface area (Å²) >= 11 is 0. The maximum absolute atomic E-state index is 12.7. The van der Waals surface area contributed by atoms with Gasteiger partial charge in [-0.2, -0.15) is 0 Å². The number of carboxylic acid groups (broad SMARTS) is 1. The largest absolute Gasteiger partial charge is 0.481 e. The molecule has 26 heavy (non-hydrogen) atoms. The number of nitrogens with zero attached hydrogens (tertiary/aromatic N) is 1. The minimum atomic E-state index is -3.90. The van der Waals surface area contributed by atoms with Crippen LogP contribution in [-0.4, -0.2) is 43.5 Å². The lowest BCUT2D eigenvalue weighted by atomic mass is 9.81. The summed E-state index contributed by atoms with van der Waals surface area (Å²) in [5.74, 6) is -0.886. The molecular weight excluding hydrogens is 358 g/mol. The molecule has 4 N–H and O–H groups in total. The molecular formula is C17H23N3O5S. The van der Waals surface area contributed by atoms with Crippen molar-refractivity contribution in [3.63, 3.8) is 0 Å². The van der Waals surface area contributed by atoms with Gasteiger partial charge in [0.1, 0.15) is 0 Å². The fourth-order valence-corrected chi connectivity index (χ4v) is 4.73. The van der Waals surface area contributed by atoms with Gasteiger partial charge < -0.3 is 15.3 Å². The van der Waals surface area contributed by atoms with E-state index in [1.54, 1.807) is 13.8 Å². The second-order valence-electron chi connectivity index (χ2n) is 7.32. The number of hydrogen-bond acceptors (Lipinski definition) is 4. The number of fused-ring (bicyclic) bond motifs is 1. The van der Waals surface area contributed by atoms with Gasteiger partial charge in [-0.1, -0.05) is 6.42 Å². The second-order valence-corrected chi connectivity index (χ2v) is 8.88. The first-order valence-electron chi connectivity index (χ1n) is 8.48. The fourth-order valence-electron chi connectivity index (χ4n) is 4.11. The first-order valence-corrected chi connectivity index (χ1v) is 10.0. The van der Waals surface area contributed by atoms with Gasteiger partial charge in [0, 0.05) is 18.8 Å². The zero-order valence-corrected chi connectivity index (χ0v) is 15.6. The van der Waals surface area contributed by atoms with Crippen LogP contribution in [0.15, 0.2) is 17.0 Å². The summed E-state index contributed by atoms with van der Waals surface area (Å²) in [6.07, 6.45) is 2.24. The van der Waals surface area contributed by atoms with Crippen molar-refractivity contribution in [2.24, 2.45) is 16.5 Å². The minimum absolute atomic E-state index is 0.0377. The molecule has 1 aliphatic carbocycles. The Labute approximate surface area is 152 Å². The monoisotopic (exact) mass is 381 g/mol. The standard InChI is InChI=1S/C17H23N3O5S/c1-10-6-13(26(18,24)25)7-14(11(10)2)19-16(23)20-8-12-4-3-5-17(12,9-20)15(21)22/h6-7,12H,3-5,8-9H2,1-2H3,(H,19,23)(H,21,22)(H2,18,24,25)/t12-,17+/m0/s1. The molecule has 1 aromatic carbocycles. The Morgan fingerprint density at radius 3 is 2.62 bits per heavy atom. The zero-order valence-electron chi connectivity index (χ0n) is 14.8. The summed E-state index contributed by atoms with van der Waals surface area (Å²) < 4.78 is 23.3. The molecule has 8 nitrogen and oxygen atoms in total. The smallest absolute Gasteiger partial charge is 0.321 e. The van der Waals surface area contributed by atoms with Crippen LogP contribution in [0.5, 0.6) is 0 Å². The Kier molecular flexibility index (Phi) is 4.48. The van der Waals surface area contributed by atoms with Crippen molar-refractivity contribution in [2.45, 2.75) is 38.0 Å². The Balaban J connectivity index is 1.83. The molecule has 0 unspecified atom stereocenters. The number of rotatable bonds is 3. The van der Waals surface area contributed by atoms with E-state index in [1.807, 2.05) is 0 Å². The summed E-state index contributed by atoms with van der Waals surface area (Å²) in [6, 6.07) is 2.37. The third kappa shape index (κ3) is 3.05. The SMILES string of the molecule is Cc1cc(S(N)(=O)=O)cc(NC(=O)N2C[C@@H]3CCC[C@@]3(C(=O)O)C2)c1C. The molecule has 1 aliphatic heterocycles. The fraction of sp³-hybridized carbons (Fsp3) is 0.529. The highest BCUT2D eigenvalue weighted by molar-refractivity contribution is 7.89. The van der Waals surface area contributed by atoms with Crippen LogP contribution in [-0.2, 0) is 14.8 Å². The zero-order chi connectivity index (χ0) is 19.3. The molecule has 142 valence electrons. The first-order chi connectivity index (χ1) is 12.0. The number of anilines is 1. The van der Waals surface area contributed by atoms with E-state index in [1.165, 1.54) is 17.0 Å². The Morgan fingerprint density at radius 2 is 2.04 bits per heavy atom. The number of likely N-dealkylation sites (tertiary alicyclic amines) is 1. The molecule has 2 aliphatic rings. The maximum Gasteiger partial charge on any atom is 0.321 e. The molecule has 0 aromatic heterocycles. The number of benzene rings is 1. The maximum atomic E-state index is 12.7. The molecule has 2 fully saturated rings. The molecule has 2 atom stereocenters. The summed E-state index contributed by atoms with van der Waals surface area (Å²) in [5.41, 5.74) is 0.927. The number of nitrogens with two attached hydrogens (primary N) is 1. The molecule has 1 heterocycles. The van der Waals surface area contributed by atoms with Gasteiger partial charge in [-0.05, 0) is 55.9 Å². The molecule has 1 saturated heterocycles. The quantitative estimate of drug-likeness (QED) is 0.733. The lowest BCUT2D eigenvalue weighted by molar-refractivity contribution is -0.149. The number of urea groups is 1. The summed E-state index contributed by atoms with van der Waals surface area (Å²) in [6.45, 7) is 4.07. The predicted molar refractivity (Wildman–Crippen MR) is 95.3 cm³/mol. The summed E-state index contributed by atoms with van der Waals surface area (Å²) in [7, 11) is -3.90. The highest BCUT2D eigenvalue weighted by Crippen LogP contribution is 2.49. The van der Waals surface area contributed by atoms with Crippen LogP contribution in [0.4, 0.5) is 10.5 Å². The van der Waals surface area contributed by atoms with E-state index in [0.717, 1.165) is 18.4 Å². The van der Waals surface area contributed by atoms with E-state index < -0.39 is 27.4 Å². The second kappa shape index (κ2) is 6.24. The Hall–Kier alpha value is -2.13. The lowest BCUT2D eigenvalue weighted by Gasteiger charge is -2.23. The van der Waals surface area contributed by atoms with Crippen LogP contribution in [0, 0.1) is 25.2 Å². The van der Waals surface area contributed by atoms with Crippen LogP contribution in [0.25, 0.3) is 0 Å². The van der Waals surface area contributed by atoms with Gasteiger partial charge in [0.05, 0.1) is 10.3 Å². The summed E-state index contributed by atoms with van der Waals surface area (Å²) in [4.78, 5) is 25.9. The van der Waals surface area contributed by atoms with Crippen molar-refractivity contribution < 1.29 is 23.1 Å². The summed E-state index contributed by atoms with van der Waals surface area (Å²) in [5, 5.41) is 17.5. The Bertz CT molecular complexity index is 883.